The van der Waals surface area contributed by atoms with Crippen molar-refractivity contribution >= 4 is 17.2 Å². The maximum atomic E-state index is 12.4. The number of aliphatic hydroxyl groups excluding tert-OH is 1. The van der Waals surface area contributed by atoms with Gasteiger partial charge in [-0.15, -0.1) is 11.3 Å². The molecular formula is C22H28N2O3S. The van der Waals surface area contributed by atoms with Crippen molar-refractivity contribution in [3.8, 4) is 0 Å². The zero-order chi connectivity index (χ0) is 19.6. The van der Waals surface area contributed by atoms with Crippen LogP contribution in [-0.4, -0.2) is 48.3 Å². The van der Waals surface area contributed by atoms with E-state index < -0.39 is 6.10 Å². The fraction of sp³-hybridized carbons (Fsp3) is 0.500. The van der Waals surface area contributed by atoms with Crippen molar-refractivity contribution in [1.29, 1.82) is 0 Å². The Labute approximate surface area is 170 Å². The molecule has 4 rings (SSSR count). The third kappa shape index (κ3) is 4.15. The largest absolute Gasteiger partial charge is 0.392 e. The van der Waals surface area contributed by atoms with Crippen LogP contribution in [0.4, 0.5) is 0 Å². The summed E-state index contributed by atoms with van der Waals surface area (Å²) in [4.78, 5) is 16.9. The van der Waals surface area contributed by atoms with Gasteiger partial charge in [-0.3, -0.25) is 9.69 Å². The summed E-state index contributed by atoms with van der Waals surface area (Å²) < 4.78 is 6.33. The summed E-state index contributed by atoms with van der Waals surface area (Å²) >= 11 is 1.58. The number of ether oxygens (including phenoxy) is 1. The Morgan fingerprint density at radius 2 is 2.07 bits per heavy atom. The van der Waals surface area contributed by atoms with E-state index in [9.17, 15) is 9.90 Å². The van der Waals surface area contributed by atoms with Crippen LogP contribution in [0.2, 0.25) is 0 Å². The maximum absolute atomic E-state index is 12.4. The highest BCUT2D eigenvalue weighted by Gasteiger charge is 2.42. The molecule has 1 unspecified atom stereocenters. The quantitative estimate of drug-likeness (QED) is 0.810. The molecule has 1 aromatic carbocycles. The smallest absolute Gasteiger partial charge is 0.261 e. The zero-order valence-corrected chi connectivity index (χ0v) is 17.1. The number of hydrogen-bond acceptors (Lipinski definition) is 5. The average molecular weight is 401 g/mol. The number of thiophene rings is 1. The lowest BCUT2D eigenvalue weighted by atomic mass is 9.82. The van der Waals surface area contributed by atoms with Gasteiger partial charge in [-0.05, 0) is 37.0 Å². The number of carbonyl (C=O) groups is 1. The van der Waals surface area contributed by atoms with E-state index in [-0.39, 0.29) is 18.1 Å². The van der Waals surface area contributed by atoms with E-state index >= 15 is 0 Å². The summed E-state index contributed by atoms with van der Waals surface area (Å²) in [7, 11) is 0. The standard InChI is InChI=1S/C22H28N2O3S/c1-16(25)14-23-21(26)20-13-18-19(28-20)7-12-27-22(18)8-10-24(11-9-22)15-17-5-3-2-4-6-17/h2-6,13,16,25H,7-12,14-15H2,1H3,(H,23,26). The van der Waals surface area contributed by atoms with Crippen LogP contribution in [0.15, 0.2) is 36.4 Å². The lowest BCUT2D eigenvalue weighted by Gasteiger charge is -2.44. The molecule has 2 N–H and O–H groups in total. The number of benzene rings is 1. The minimum Gasteiger partial charge on any atom is -0.392 e. The number of fused-ring (bicyclic) bond motifs is 2. The van der Waals surface area contributed by atoms with Crippen molar-refractivity contribution in [1.82, 2.24) is 10.2 Å². The van der Waals surface area contributed by atoms with E-state index in [0.29, 0.717) is 0 Å². The molecule has 1 fully saturated rings. The van der Waals surface area contributed by atoms with Crippen molar-refractivity contribution in [2.45, 2.75) is 44.4 Å². The molecule has 28 heavy (non-hydrogen) atoms. The van der Waals surface area contributed by atoms with Crippen molar-refractivity contribution < 1.29 is 14.6 Å². The lowest BCUT2D eigenvalue weighted by molar-refractivity contribution is -0.0980. The van der Waals surface area contributed by atoms with Gasteiger partial charge in [0.2, 0.25) is 0 Å². The predicted octanol–water partition coefficient (Wildman–Crippen LogP) is 2.92. The van der Waals surface area contributed by atoms with E-state index in [1.54, 1.807) is 18.3 Å². The molecule has 2 aliphatic heterocycles. The Morgan fingerprint density at radius 3 is 2.79 bits per heavy atom. The molecule has 1 saturated heterocycles. The zero-order valence-electron chi connectivity index (χ0n) is 16.3. The maximum Gasteiger partial charge on any atom is 0.261 e. The highest BCUT2D eigenvalue weighted by Crippen LogP contribution is 2.44. The molecule has 1 amide bonds. The minimum atomic E-state index is -0.540. The fourth-order valence-electron chi connectivity index (χ4n) is 4.18. The molecule has 0 bridgehead atoms. The number of aliphatic hydroxyl groups is 1. The first-order valence-corrected chi connectivity index (χ1v) is 10.9. The SMILES string of the molecule is CC(O)CNC(=O)c1cc2c(s1)CCOC21CCN(Cc2ccccc2)CC1. The van der Waals surface area contributed by atoms with Gasteiger partial charge in [0, 0.05) is 37.5 Å². The van der Waals surface area contributed by atoms with Crippen molar-refractivity contribution in [3.63, 3.8) is 0 Å². The Kier molecular flexibility index (Phi) is 5.83. The summed E-state index contributed by atoms with van der Waals surface area (Å²) in [5, 5.41) is 12.2. The van der Waals surface area contributed by atoms with Gasteiger partial charge in [0.05, 0.1) is 23.2 Å². The second kappa shape index (κ2) is 8.33. The number of rotatable bonds is 5. The molecule has 6 heteroatoms. The van der Waals surface area contributed by atoms with Crippen LogP contribution in [0.3, 0.4) is 0 Å². The van der Waals surface area contributed by atoms with E-state index in [1.165, 1.54) is 16.0 Å². The van der Waals surface area contributed by atoms with Crippen LogP contribution >= 0.6 is 11.3 Å². The van der Waals surface area contributed by atoms with Crippen LogP contribution < -0.4 is 5.32 Å². The average Bonchev–Trinajstić information content (AvgIpc) is 3.15. The third-order valence-electron chi connectivity index (χ3n) is 5.70. The van der Waals surface area contributed by atoms with Crippen LogP contribution in [0.5, 0.6) is 0 Å². The Morgan fingerprint density at radius 1 is 1.32 bits per heavy atom. The van der Waals surface area contributed by atoms with Gasteiger partial charge < -0.3 is 15.2 Å². The second-order valence-corrected chi connectivity index (χ2v) is 9.00. The summed E-state index contributed by atoms with van der Waals surface area (Å²) in [5.74, 6) is -0.100. The minimum absolute atomic E-state index is 0.100. The van der Waals surface area contributed by atoms with Crippen LogP contribution in [-0.2, 0) is 23.3 Å². The van der Waals surface area contributed by atoms with Crippen LogP contribution in [0, 0.1) is 0 Å². The Hall–Kier alpha value is -1.73. The summed E-state index contributed by atoms with van der Waals surface area (Å²) in [6, 6.07) is 12.6. The molecule has 150 valence electrons. The number of amides is 1. The molecule has 1 atom stereocenters. The van der Waals surface area contributed by atoms with E-state index in [0.717, 1.165) is 50.4 Å². The molecule has 2 aromatic rings. The molecule has 1 aromatic heterocycles. The molecule has 2 aliphatic rings. The molecule has 0 radical (unpaired) electrons. The molecule has 1 spiro atoms. The number of nitrogens with one attached hydrogen (secondary N) is 1. The molecule has 0 saturated carbocycles. The summed E-state index contributed by atoms with van der Waals surface area (Å²) in [6.07, 6.45) is 2.25. The van der Waals surface area contributed by atoms with Gasteiger partial charge in [-0.2, -0.15) is 0 Å². The van der Waals surface area contributed by atoms with Gasteiger partial charge >= 0.3 is 0 Å². The first-order valence-electron chi connectivity index (χ1n) is 10.1. The van der Waals surface area contributed by atoms with Gasteiger partial charge in [0.1, 0.15) is 0 Å². The van der Waals surface area contributed by atoms with Crippen molar-refractivity contribution in [3.05, 3.63) is 57.3 Å². The van der Waals surface area contributed by atoms with Gasteiger partial charge in [-0.1, -0.05) is 30.3 Å². The van der Waals surface area contributed by atoms with E-state index in [1.807, 2.05) is 6.07 Å². The normalized spacial score (nSPS) is 19.9. The molecular weight excluding hydrogens is 372 g/mol. The van der Waals surface area contributed by atoms with Crippen molar-refractivity contribution in [2.24, 2.45) is 0 Å². The second-order valence-electron chi connectivity index (χ2n) is 7.86. The van der Waals surface area contributed by atoms with Gasteiger partial charge in [0.15, 0.2) is 0 Å². The van der Waals surface area contributed by atoms with Crippen molar-refractivity contribution in [2.75, 3.05) is 26.2 Å². The topological polar surface area (TPSA) is 61.8 Å². The number of nitrogens with zero attached hydrogens (tertiary/aromatic N) is 1. The Balaban J connectivity index is 1.45. The third-order valence-corrected chi connectivity index (χ3v) is 6.90. The number of piperidine rings is 1. The lowest BCUT2D eigenvalue weighted by Crippen LogP contribution is -2.45. The van der Waals surface area contributed by atoms with Gasteiger partial charge in [-0.25, -0.2) is 0 Å². The molecule has 0 aliphatic carbocycles. The van der Waals surface area contributed by atoms with E-state index in [4.69, 9.17) is 4.74 Å². The molecule has 5 nitrogen and oxygen atoms in total. The first kappa shape index (κ1) is 19.6. The van der Waals surface area contributed by atoms with Crippen LogP contribution in [0.25, 0.3) is 0 Å². The number of carbonyl (C=O) groups excluding carboxylic acids is 1. The first-order chi connectivity index (χ1) is 13.6. The number of hydrogen-bond donors (Lipinski definition) is 2. The van der Waals surface area contributed by atoms with Gasteiger partial charge in [0.25, 0.3) is 5.91 Å². The van der Waals surface area contributed by atoms with E-state index in [2.05, 4.69) is 40.5 Å². The Bertz CT molecular complexity index is 810. The van der Waals surface area contributed by atoms with Crippen LogP contribution in [0.1, 0.15) is 45.4 Å². The predicted molar refractivity (Wildman–Crippen MR) is 111 cm³/mol. The summed E-state index contributed by atoms with van der Waals surface area (Å²) in [6.45, 7) is 5.63. The highest BCUT2D eigenvalue weighted by molar-refractivity contribution is 7.14. The molecule has 3 heterocycles. The number of likely N-dealkylation sites (tertiary alicyclic amines) is 1. The fourth-order valence-corrected chi connectivity index (χ4v) is 5.33. The summed E-state index contributed by atoms with van der Waals surface area (Å²) in [5.41, 5.74) is 2.31. The monoisotopic (exact) mass is 400 g/mol. The highest BCUT2D eigenvalue weighted by atomic mass is 32.1.